The van der Waals surface area contributed by atoms with Crippen molar-refractivity contribution < 1.29 is 9.53 Å². The largest absolute Gasteiger partial charge is 0.468 e. The molecule has 1 atom stereocenters. The Bertz CT molecular complexity index is 445. The summed E-state index contributed by atoms with van der Waals surface area (Å²) in [4.78, 5) is 14.3. The molecule has 1 aromatic rings. The van der Waals surface area contributed by atoms with Crippen LogP contribution in [0.3, 0.4) is 0 Å². The van der Waals surface area contributed by atoms with Crippen LogP contribution in [-0.4, -0.2) is 44.2 Å². The number of carbonyl (C=O) groups excluding carboxylic acids is 1. The van der Waals surface area contributed by atoms with Crippen LogP contribution in [-0.2, 0) is 9.53 Å². The van der Waals surface area contributed by atoms with Crippen LogP contribution in [0.4, 0.5) is 0 Å². The molecule has 0 aliphatic heterocycles. The smallest absolute Gasteiger partial charge is 0.327 e. The Labute approximate surface area is 136 Å². The first-order valence-corrected chi connectivity index (χ1v) is 7.78. The van der Waals surface area contributed by atoms with Crippen molar-refractivity contribution in [3.05, 3.63) is 33.8 Å². The number of hydrogen-bond donors (Lipinski definition) is 1. The molecule has 0 fully saturated rings. The first-order valence-electron chi connectivity index (χ1n) is 7.02. The van der Waals surface area contributed by atoms with E-state index in [4.69, 9.17) is 27.9 Å². The van der Waals surface area contributed by atoms with E-state index in [9.17, 15) is 4.79 Å². The molecule has 1 N–H and O–H groups in total. The predicted octanol–water partition coefficient (Wildman–Crippen LogP) is 3.14. The van der Waals surface area contributed by atoms with E-state index < -0.39 is 12.0 Å². The van der Waals surface area contributed by atoms with Crippen LogP contribution in [0.25, 0.3) is 0 Å². The van der Waals surface area contributed by atoms with Crippen LogP contribution >= 0.6 is 23.2 Å². The molecule has 0 spiro atoms. The number of esters is 1. The Balaban J connectivity index is 2.85. The van der Waals surface area contributed by atoms with Crippen molar-refractivity contribution >= 4 is 29.2 Å². The Hall–Kier alpha value is -0.810. The first kappa shape index (κ1) is 18.2. The Morgan fingerprint density at radius 1 is 1.29 bits per heavy atom. The lowest BCUT2D eigenvalue weighted by molar-refractivity contribution is -0.143. The lowest BCUT2D eigenvalue weighted by Crippen LogP contribution is -2.37. The second-order valence-electron chi connectivity index (χ2n) is 4.57. The Morgan fingerprint density at radius 3 is 2.33 bits per heavy atom. The van der Waals surface area contributed by atoms with Gasteiger partial charge in [-0.25, -0.2) is 4.79 Å². The summed E-state index contributed by atoms with van der Waals surface area (Å²) in [5.74, 6) is -0.399. The number of nitrogens with one attached hydrogen (secondary N) is 1. The standard InChI is InChI=1S/C15H22Cl2N2O2/c1-4-19(5-2)10-9-18-14(15(20)21-3)13-11(16)7-6-8-12(13)17/h6-8,14,18H,4-5,9-10H2,1-3H3. The number of hydrogen-bond acceptors (Lipinski definition) is 4. The average molecular weight is 333 g/mol. The highest BCUT2D eigenvalue weighted by Gasteiger charge is 2.25. The molecule has 1 unspecified atom stereocenters. The maximum absolute atomic E-state index is 12.0. The quantitative estimate of drug-likeness (QED) is 0.742. The fourth-order valence-electron chi connectivity index (χ4n) is 2.11. The average Bonchev–Trinajstić information content (AvgIpc) is 2.48. The van der Waals surface area contributed by atoms with E-state index in [0.29, 0.717) is 22.2 Å². The molecular weight excluding hydrogens is 311 g/mol. The molecule has 4 nitrogen and oxygen atoms in total. The van der Waals surface area contributed by atoms with E-state index in [2.05, 4.69) is 24.1 Å². The van der Waals surface area contributed by atoms with Crippen molar-refractivity contribution in [1.29, 1.82) is 0 Å². The molecule has 1 aromatic carbocycles. The fourth-order valence-corrected chi connectivity index (χ4v) is 2.73. The topological polar surface area (TPSA) is 41.6 Å². The zero-order valence-electron chi connectivity index (χ0n) is 12.7. The second-order valence-corrected chi connectivity index (χ2v) is 5.39. The van der Waals surface area contributed by atoms with Gasteiger partial charge in [0.2, 0.25) is 0 Å². The molecule has 118 valence electrons. The van der Waals surface area contributed by atoms with Gasteiger partial charge in [0.1, 0.15) is 6.04 Å². The molecule has 0 heterocycles. The molecule has 0 aliphatic carbocycles. The number of halogens is 2. The van der Waals surface area contributed by atoms with E-state index in [1.165, 1.54) is 7.11 Å². The highest BCUT2D eigenvalue weighted by atomic mass is 35.5. The molecule has 1 rings (SSSR count). The van der Waals surface area contributed by atoms with Crippen LogP contribution in [0, 0.1) is 0 Å². The summed E-state index contributed by atoms with van der Waals surface area (Å²) in [5, 5.41) is 4.09. The van der Waals surface area contributed by atoms with Crippen LogP contribution in [0.2, 0.25) is 10.0 Å². The maximum Gasteiger partial charge on any atom is 0.327 e. The summed E-state index contributed by atoms with van der Waals surface area (Å²) in [6.45, 7) is 7.62. The number of methoxy groups -OCH3 is 1. The third kappa shape index (κ3) is 5.15. The predicted molar refractivity (Wildman–Crippen MR) is 87.0 cm³/mol. The van der Waals surface area contributed by atoms with E-state index in [1.807, 2.05) is 0 Å². The number of carbonyl (C=O) groups is 1. The normalized spacial score (nSPS) is 12.5. The summed E-state index contributed by atoms with van der Waals surface area (Å²) in [6.07, 6.45) is 0. The van der Waals surface area contributed by atoms with Crippen LogP contribution < -0.4 is 5.32 Å². The van der Waals surface area contributed by atoms with Crippen molar-refractivity contribution in [3.63, 3.8) is 0 Å². The molecule has 0 bridgehead atoms. The third-order valence-electron chi connectivity index (χ3n) is 3.40. The summed E-state index contributed by atoms with van der Waals surface area (Å²) in [7, 11) is 1.35. The van der Waals surface area contributed by atoms with Gasteiger partial charge in [0.25, 0.3) is 0 Å². The lowest BCUT2D eigenvalue weighted by atomic mass is 10.1. The van der Waals surface area contributed by atoms with Crippen molar-refractivity contribution in [2.75, 3.05) is 33.3 Å². The van der Waals surface area contributed by atoms with Crippen molar-refractivity contribution in [2.45, 2.75) is 19.9 Å². The van der Waals surface area contributed by atoms with Crippen molar-refractivity contribution in [1.82, 2.24) is 10.2 Å². The zero-order chi connectivity index (χ0) is 15.8. The van der Waals surface area contributed by atoms with Gasteiger partial charge >= 0.3 is 5.97 Å². The fraction of sp³-hybridized carbons (Fsp3) is 0.533. The number of nitrogens with zero attached hydrogens (tertiary/aromatic N) is 1. The summed E-state index contributed by atoms with van der Waals surface area (Å²) >= 11 is 12.4. The summed E-state index contributed by atoms with van der Waals surface area (Å²) < 4.78 is 4.85. The van der Waals surface area contributed by atoms with E-state index in [-0.39, 0.29) is 0 Å². The van der Waals surface area contributed by atoms with Gasteiger partial charge in [0.05, 0.1) is 7.11 Å². The second kappa shape index (κ2) is 9.26. The summed E-state index contributed by atoms with van der Waals surface area (Å²) in [6, 6.07) is 4.51. The number of ether oxygens (including phenoxy) is 1. The van der Waals surface area contributed by atoms with Crippen molar-refractivity contribution in [3.8, 4) is 0 Å². The zero-order valence-corrected chi connectivity index (χ0v) is 14.2. The lowest BCUT2D eigenvalue weighted by Gasteiger charge is -2.22. The molecule has 6 heteroatoms. The van der Waals surface area contributed by atoms with E-state index in [1.54, 1.807) is 18.2 Å². The van der Waals surface area contributed by atoms with Gasteiger partial charge in [0, 0.05) is 28.7 Å². The van der Waals surface area contributed by atoms with Gasteiger partial charge in [-0.15, -0.1) is 0 Å². The van der Waals surface area contributed by atoms with E-state index >= 15 is 0 Å². The van der Waals surface area contributed by atoms with Gasteiger partial charge in [-0.3, -0.25) is 5.32 Å². The molecule has 0 radical (unpaired) electrons. The van der Waals surface area contributed by atoms with Gasteiger partial charge in [-0.1, -0.05) is 43.1 Å². The molecule has 0 saturated carbocycles. The van der Waals surface area contributed by atoms with Crippen LogP contribution in [0.15, 0.2) is 18.2 Å². The third-order valence-corrected chi connectivity index (χ3v) is 4.06. The van der Waals surface area contributed by atoms with Gasteiger partial charge < -0.3 is 9.64 Å². The van der Waals surface area contributed by atoms with Crippen LogP contribution in [0.5, 0.6) is 0 Å². The van der Waals surface area contributed by atoms with E-state index in [0.717, 1.165) is 19.6 Å². The van der Waals surface area contributed by atoms with Gasteiger partial charge in [-0.2, -0.15) is 0 Å². The molecular formula is C15H22Cl2N2O2. The monoisotopic (exact) mass is 332 g/mol. The van der Waals surface area contributed by atoms with Gasteiger partial charge in [0.15, 0.2) is 0 Å². The highest BCUT2D eigenvalue weighted by molar-refractivity contribution is 6.36. The molecule has 0 aromatic heterocycles. The van der Waals surface area contributed by atoms with Crippen molar-refractivity contribution in [2.24, 2.45) is 0 Å². The first-order chi connectivity index (χ1) is 10.0. The SMILES string of the molecule is CCN(CC)CCNC(C(=O)OC)c1c(Cl)cccc1Cl. The van der Waals surface area contributed by atoms with Crippen LogP contribution in [0.1, 0.15) is 25.5 Å². The highest BCUT2D eigenvalue weighted by Crippen LogP contribution is 2.30. The van der Waals surface area contributed by atoms with Gasteiger partial charge in [-0.05, 0) is 25.2 Å². The molecule has 0 saturated heterocycles. The molecule has 0 amide bonds. The minimum absolute atomic E-state index is 0.399. The number of likely N-dealkylation sites (N-methyl/N-ethyl adjacent to an activating group) is 1. The number of benzene rings is 1. The molecule has 0 aliphatic rings. The maximum atomic E-state index is 12.0. The molecule has 21 heavy (non-hydrogen) atoms. The minimum atomic E-state index is -0.660. The Morgan fingerprint density at radius 2 is 1.86 bits per heavy atom. The summed E-state index contributed by atoms with van der Waals surface area (Å²) in [5.41, 5.74) is 0.562. The Kier molecular flexibility index (Phi) is 8.04. The minimum Gasteiger partial charge on any atom is -0.468 e. The number of rotatable bonds is 8.